The highest BCUT2D eigenvalue weighted by Crippen LogP contribution is 2.23. The van der Waals surface area contributed by atoms with Crippen LogP contribution in [0.3, 0.4) is 0 Å². The molecule has 0 aromatic heterocycles. The topological polar surface area (TPSA) is 66.6 Å². The van der Waals surface area contributed by atoms with Gasteiger partial charge in [-0.2, -0.15) is 0 Å². The molecule has 1 amide bonds. The van der Waals surface area contributed by atoms with Crippen molar-refractivity contribution in [3.8, 4) is 0 Å². The second kappa shape index (κ2) is 11.1. The lowest BCUT2D eigenvalue weighted by Crippen LogP contribution is -2.41. The van der Waals surface area contributed by atoms with Crippen LogP contribution in [0.15, 0.2) is 60.7 Å². The van der Waals surface area contributed by atoms with E-state index in [1.165, 1.54) is 0 Å². The van der Waals surface area contributed by atoms with Crippen molar-refractivity contribution in [3.63, 3.8) is 0 Å². The van der Waals surface area contributed by atoms with Gasteiger partial charge in [-0.15, -0.1) is 0 Å². The SMILES string of the molecule is CC(=O)c1ccc2cc(N(C)CC(=O)N(CCCN)CCc3ccc(Cl)cc3)ccc2c1. The van der Waals surface area contributed by atoms with Crippen LogP contribution >= 0.6 is 11.6 Å². The largest absolute Gasteiger partial charge is 0.365 e. The van der Waals surface area contributed by atoms with Gasteiger partial charge >= 0.3 is 0 Å². The Morgan fingerprint density at radius 2 is 1.62 bits per heavy atom. The molecule has 0 saturated heterocycles. The summed E-state index contributed by atoms with van der Waals surface area (Å²) >= 11 is 5.97. The molecule has 6 heteroatoms. The molecular formula is C26H30ClN3O2. The monoisotopic (exact) mass is 451 g/mol. The number of carbonyl (C=O) groups is 2. The predicted octanol–water partition coefficient (Wildman–Crippen LogP) is 4.55. The Balaban J connectivity index is 1.67. The van der Waals surface area contributed by atoms with Crippen LogP contribution in [-0.2, 0) is 11.2 Å². The fraction of sp³-hybridized carbons (Fsp3) is 0.308. The van der Waals surface area contributed by atoms with Crippen LogP contribution in [0.25, 0.3) is 10.8 Å². The van der Waals surface area contributed by atoms with Crippen molar-refractivity contribution in [1.82, 2.24) is 4.90 Å². The van der Waals surface area contributed by atoms with E-state index >= 15 is 0 Å². The molecule has 0 aliphatic rings. The summed E-state index contributed by atoms with van der Waals surface area (Å²) in [6.07, 6.45) is 1.54. The van der Waals surface area contributed by atoms with Gasteiger partial charge in [0.05, 0.1) is 6.54 Å². The minimum absolute atomic E-state index is 0.0508. The van der Waals surface area contributed by atoms with Crippen molar-refractivity contribution < 1.29 is 9.59 Å². The minimum Gasteiger partial charge on any atom is -0.365 e. The number of nitrogens with two attached hydrogens (primary N) is 1. The van der Waals surface area contributed by atoms with Gasteiger partial charge in [0.2, 0.25) is 5.91 Å². The highest BCUT2D eigenvalue weighted by Gasteiger charge is 2.16. The second-order valence-corrected chi connectivity index (χ2v) is 8.49. The van der Waals surface area contributed by atoms with E-state index in [0.717, 1.165) is 34.9 Å². The summed E-state index contributed by atoms with van der Waals surface area (Å²) in [4.78, 5) is 28.5. The molecule has 3 aromatic rings. The molecular weight excluding hydrogens is 422 g/mol. The first kappa shape index (κ1) is 23.8. The zero-order valence-corrected chi connectivity index (χ0v) is 19.4. The Labute approximate surface area is 194 Å². The molecule has 32 heavy (non-hydrogen) atoms. The summed E-state index contributed by atoms with van der Waals surface area (Å²) in [7, 11) is 1.92. The number of anilines is 1. The van der Waals surface area contributed by atoms with Gasteiger partial charge in [-0.25, -0.2) is 0 Å². The maximum atomic E-state index is 13.1. The van der Waals surface area contributed by atoms with E-state index in [2.05, 4.69) is 0 Å². The number of nitrogens with zero attached hydrogens (tertiary/aromatic N) is 2. The van der Waals surface area contributed by atoms with Gasteiger partial charge in [0.1, 0.15) is 0 Å². The summed E-state index contributed by atoms with van der Waals surface area (Å²) in [5, 5.41) is 2.75. The molecule has 0 atom stereocenters. The van der Waals surface area contributed by atoms with Gasteiger partial charge in [0.15, 0.2) is 5.78 Å². The Morgan fingerprint density at radius 3 is 2.31 bits per heavy atom. The molecule has 0 aliphatic carbocycles. The second-order valence-electron chi connectivity index (χ2n) is 8.06. The number of ketones is 1. The Hall–Kier alpha value is -2.89. The fourth-order valence-electron chi connectivity index (χ4n) is 3.64. The average molecular weight is 452 g/mol. The first-order valence-corrected chi connectivity index (χ1v) is 11.2. The van der Waals surface area contributed by atoms with Gasteiger partial charge in [-0.05, 0) is 73.0 Å². The quantitative estimate of drug-likeness (QED) is 0.459. The van der Waals surface area contributed by atoms with Gasteiger partial charge in [0.25, 0.3) is 0 Å². The first-order chi connectivity index (χ1) is 15.4. The number of benzene rings is 3. The lowest BCUT2D eigenvalue weighted by Gasteiger charge is -2.27. The molecule has 0 fully saturated rings. The summed E-state index contributed by atoms with van der Waals surface area (Å²) < 4.78 is 0. The van der Waals surface area contributed by atoms with Crippen LogP contribution in [0.5, 0.6) is 0 Å². The number of halogens is 1. The summed E-state index contributed by atoms with van der Waals surface area (Å²) in [6.45, 7) is 3.68. The molecule has 5 nitrogen and oxygen atoms in total. The molecule has 3 rings (SSSR count). The zero-order chi connectivity index (χ0) is 23.1. The van der Waals surface area contributed by atoms with E-state index in [4.69, 9.17) is 17.3 Å². The molecule has 0 spiro atoms. The number of Topliss-reactive ketones (excluding diaryl/α,β-unsaturated/α-hetero) is 1. The Bertz CT molecular complexity index is 1080. The van der Waals surface area contributed by atoms with E-state index in [1.807, 2.05) is 77.5 Å². The maximum absolute atomic E-state index is 13.1. The Kier molecular flexibility index (Phi) is 8.26. The van der Waals surface area contributed by atoms with E-state index in [0.29, 0.717) is 30.2 Å². The van der Waals surface area contributed by atoms with Crippen LogP contribution in [0.4, 0.5) is 5.69 Å². The number of likely N-dealkylation sites (N-methyl/N-ethyl adjacent to an activating group) is 1. The lowest BCUT2D eigenvalue weighted by molar-refractivity contribution is -0.129. The fourth-order valence-corrected chi connectivity index (χ4v) is 3.77. The highest BCUT2D eigenvalue weighted by atomic mass is 35.5. The molecule has 0 saturated carbocycles. The number of hydrogen-bond acceptors (Lipinski definition) is 4. The van der Waals surface area contributed by atoms with Gasteiger partial charge in [0, 0.05) is 36.4 Å². The van der Waals surface area contributed by atoms with Crippen molar-refractivity contribution in [2.24, 2.45) is 5.73 Å². The third-order valence-corrected chi connectivity index (χ3v) is 5.86. The van der Waals surface area contributed by atoms with Gasteiger partial charge < -0.3 is 15.5 Å². The van der Waals surface area contributed by atoms with Crippen molar-refractivity contribution in [1.29, 1.82) is 0 Å². The predicted molar refractivity (Wildman–Crippen MR) is 133 cm³/mol. The smallest absolute Gasteiger partial charge is 0.242 e. The van der Waals surface area contributed by atoms with Gasteiger partial charge in [-0.3, -0.25) is 9.59 Å². The average Bonchev–Trinajstić information content (AvgIpc) is 2.79. The van der Waals surface area contributed by atoms with Crippen molar-refractivity contribution >= 4 is 39.8 Å². The molecule has 0 unspecified atom stereocenters. The molecule has 0 heterocycles. The molecule has 0 bridgehead atoms. The van der Waals surface area contributed by atoms with E-state index in [1.54, 1.807) is 6.92 Å². The molecule has 168 valence electrons. The van der Waals surface area contributed by atoms with Crippen LogP contribution in [0.1, 0.15) is 29.3 Å². The van der Waals surface area contributed by atoms with E-state index < -0.39 is 0 Å². The Morgan fingerprint density at radius 1 is 0.938 bits per heavy atom. The molecule has 3 aromatic carbocycles. The highest BCUT2D eigenvalue weighted by molar-refractivity contribution is 6.30. The normalized spacial score (nSPS) is 10.9. The van der Waals surface area contributed by atoms with Crippen LogP contribution in [0, 0.1) is 0 Å². The third-order valence-electron chi connectivity index (χ3n) is 5.61. The van der Waals surface area contributed by atoms with E-state index in [-0.39, 0.29) is 18.2 Å². The number of rotatable bonds is 10. The number of hydrogen-bond donors (Lipinski definition) is 1. The molecule has 2 N–H and O–H groups in total. The lowest BCUT2D eigenvalue weighted by atomic mass is 10.0. The number of carbonyl (C=O) groups excluding carboxylic acids is 2. The number of amides is 1. The zero-order valence-electron chi connectivity index (χ0n) is 18.7. The van der Waals surface area contributed by atoms with Crippen molar-refractivity contribution in [3.05, 3.63) is 76.8 Å². The van der Waals surface area contributed by atoms with Crippen LogP contribution < -0.4 is 10.6 Å². The maximum Gasteiger partial charge on any atom is 0.242 e. The van der Waals surface area contributed by atoms with Crippen molar-refractivity contribution in [2.45, 2.75) is 19.8 Å². The first-order valence-electron chi connectivity index (χ1n) is 10.9. The van der Waals surface area contributed by atoms with Gasteiger partial charge in [-0.1, -0.05) is 41.9 Å². The third kappa shape index (κ3) is 6.31. The standard InChI is InChI=1S/C26H30ClN3O2/c1-19(31)21-6-7-23-17-25(11-8-22(23)16-21)29(2)18-26(32)30(14-3-13-28)15-12-20-4-9-24(27)10-5-20/h4-11,16-17H,3,12-15,18,28H2,1-2H3. The number of fused-ring (bicyclic) bond motifs is 1. The van der Waals surface area contributed by atoms with Crippen LogP contribution in [-0.4, -0.2) is 49.8 Å². The summed E-state index contributed by atoms with van der Waals surface area (Å²) in [5.41, 5.74) is 8.49. The van der Waals surface area contributed by atoms with E-state index in [9.17, 15) is 9.59 Å². The van der Waals surface area contributed by atoms with Crippen molar-refractivity contribution in [2.75, 3.05) is 38.1 Å². The molecule has 0 radical (unpaired) electrons. The summed E-state index contributed by atoms with van der Waals surface area (Å²) in [5.74, 6) is 0.122. The molecule has 0 aliphatic heterocycles. The van der Waals surface area contributed by atoms with Crippen LogP contribution in [0.2, 0.25) is 5.02 Å². The summed E-state index contributed by atoms with van der Waals surface area (Å²) in [6, 6.07) is 19.4. The minimum atomic E-state index is 0.0508.